The minimum absolute atomic E-state index is 0.244. The van der Waals surface area contributed by atoms with E-state index < -0.39 is 0 Å². The highest BCUT2D eigenvalue weighted by molar-refractivity contribution is 9.10. The number of halogens is 1. The molecular formula is C22H22BrN. The van der Waals surface area contributed by atoms with Crippen LogP contribution in [0.2, 0.25) is 0 Å². The van der Waals surface area contributed by atoms with Crippen molar-refractivity contribution in [3.63, 3.8) is 0 Å². The molecule has 7 rings (SSSR count). The zero-order chi connectivity index (χ0) is 16.1. The van der Waals surface area contributed by atoms with Gasteiger partial charge in [0.25, 0.3) is 0 Å². The Morgan fingerprint density at radius 3 is 2.21 bits per heavy atom. The topological polar surface area (TPSA) is 26.0 Å². The van der Waals surface area contributed by atoms with E-state index in [-0.39, 0.29) is 5.41 Å². The van der Waals surface area contributed by atoms with E-state index >= 15 is 0 Å². The molecule has 2 heteroatoms. The molecule has 1 nitrogen and oxygen atoms in total. The maximum Gasteiger partial charge on any atom is 0.0462 e. The predicted octanol–water partition coefficient (Wildman–Crippen LogP) is 5.75. The van der Waals surface area contributed by atoms with Crippen LogP contribution in [0.15, 0.2) is 40.9 Å². The zero-order valence-corrected chi connectivity index (χ0v) is 15.4. The second kappa shape index (κ2) is 4.46. The molecule has 2 aromatic rings. The number of anilines is 1. The molecule has 5 aliphatic carbocycles. The molecule has 0 amide bonds. The van der Waals surface area contributed by atoms with Crippen LogP contribution in [0.5, 0.6) is 0 Å². The molecule has 1 spiro atoms. The summed E-state index contributed by atoms with van der Waals surface area (Å²) in [6, 6.07) is 13.8. The standard InChI is InChI=1S/C22H22BrN/c23-20-10-17-16-3-1-2-4-18(16)22(19(17)11-21(20)24)14-6-12-5-13(8-14)9-15(22)7-12/h1-4,10-15H,5-9,24H2. The fraction of sp³-hybridized carbons (Fsp3) is 0.455. The normalized spacial score (nSPS) is 37.7. The monoisotopic (exact) mass is 379 g/mol. The molecule has 4 bridgehead atoms. The Morgan fingerprint density at radius 1 is 0.833 bits per heavy atom. The smallest absolute Gasteiger partial charge is 0.0462 e. The third-order valence-electron chi connectivity index (χ3n) is 7.67. The van der Waals surface area contributed by atoms with Gasteiger partial charge in [0.05, 0.1) is 0 Å². The Hall–Kier alpha value is -1.28. The van der Waals surface area contributed by atoms with Gasteiger partial charge in [-0.15, -0.1) is 0 Å². The van der Waals surface area contributed by atoms with Crippen LogP contribution in [0.4, 0.5) is 5.69 Å². The molecule has 0 aromatic heterocycles. The van der Waals surface area contributed by atoms with Crippen molar-refractivity contribution in [2.75, 3.05) is 5.73 Å². The summed E-state index contributed by atoms with van der Waals surface area (Å²) in [6.45, 7) is 0. The third kappa shape index (κ3) is 1.48. The van der Waals surface area contributed by atoms with Crippen LogP contribution >= 0.6 is 15.9 Å². The first-order chi connectivity index (χ1) is 11.7. The van der Waals surface area contributed by atoms with Gasteiger partial charge in [-0.05, 0) is 106 Å². The maximum atomic E-state index is 6.36. The average Bonchev–Trinajstić information content (AvgIpc) is 2.84. The van der Waals surface area contributed by atoms with Crippen molar-refractivity contribution < 1.29 is 0 Å². The minimum Gasteiger partial charge on any atom is -0.398 e. The van der Waals surface area contributed by atoms with Crippen LogP contribution in [0.25, 0.3) is 11.1 Å². The van der Waals surface area contributed by atoms with Gasteiger partial charge in [0.15, 0.2) is 0 Å². The molecule has 0 unspecified atom stereocenters. The molecule has 24 heavy (non-hydrogen) atoms. The second-order valence-corrected chi connectivity index (χ2v) is 9.49. The van der Waals surface area contributed by atoms with E-state index in [1.165, 1.54) is 43.2 Å². The van der Waals surface area contributed by atoms with Gasteiger partial charge in [-0.1, -0.05) is 24.3 Å². The summed E-state index contributed by atoms with van der Waals surface area (Å²) in [7, 11) is 0. The molecule has 0 aliphatic heterocycles. The van der Waals surface area contributed by atoms with E-state index in [0.717, 1.165) is 33.8 Å². The van der Waals surface area contributed by atoms with E-state index in [0.29, 0.717) is 0 Å². The van der Waals surface area contributed by atoms with E-state index in [1.54, 1.807) is 11.1 Å². The van der Waals surface area contributed by atoms with E-state index in [2.05, 4.69) is 52.3 Å². The first kappa shape index (κ1) is 13.9. The molecule has 0 radical (unpaired) electrons. The number of nitrogen functional groups attached to an aromatic ring is 1. The average molecular weight is 380 g/mol. The summed E-state index contributed by atoms with van der Waals surface area (Å²) in [5.74, 6) is 3.61. The molecule has 5 aliphatic rings. The van der Waals surface area contributed by atoms with E-state index in [4.69, 9.17) is 5.73 Å². The Kier molecular flexibility index (Phi) is 2.59. The number of fused-ring (bicyclic) bond motifs is 3. The highest BCUT2D eigenvalue weighted by atomic mass is 79.9. The Bertz CT molecular complexity index is 840. The lowest BCUT2D eigenvalue weighted by molar-refractivity contribution is -0.0399. The maximum absolute atomic E-state index is 6.36. The Labute approximate surface area is 151 Å². The van der Waals surface area contributed by atoms with Crippen LogP contribution < -0.4 is 5.73 Å². The number of hydrogen-bond donors (Lipinski definition) is 1. The molecule has 4 saturated carbocycles. The molecule has 0 atom stereocenters. The molecule has 0 heterocycles. The first-order valence-electron chi connectivity index (χ1n) is 9.37. The van der Waals surface area contributed by atoms with Crippen LogP contribution in [0, 0.1) is 23.7 Å². The number of rotatable bonds is 0. The second-order valence-electron chi connectivity index (χ2n) is 8.64. The fourth-order valence-corrected chi connectivity index (χ4v) is 7.53. The summed E-state index contributed by atoms with van der Waals surface area (Å²) in [6.07, 6.45) is 7.21. The molecular weight excluding hydrogens is 358 g/mol. The SMILES string of the molecule is Nc1cc2c(cc1Br)-c1ccccc1C21C2CC3CC(C2)CC1C3. The van der Waals surface area contributed by atoms with Crippen LogP contribution in [-0.2, 0) is 5.41 Å². The van der Waals surface area contributed by atoms with Gasteiger partial charge in [-0.2, -0.15) is 0 Å². The van der Waals surface area contributed by atoms with Crippen LogP contribution in [-0.4, -0.2) is 0 Å². The Morgan fingerprint density at radius 2 is 1.50 bits per heavy atom. The summed E-state index contributed by atoms with van der Waals surface area (Å²) in [4.78, 5) is 0. The molecule has 122 valence electrons. The number of hydrogen-bond acceptors (Lipinski definition) is 1. The van der Waals surface area contributed by atoms with Gasteiger partial charge >= 0.3 is 0 Å². The summed E-state index contributed by atoms with van der Waals surface area (Å²) in [5, 5.41) is 0. The number of benzene rings is 2. The lowest BCUT2D eigenvalue weighted by atomic mass is 9.43. The lowest BCUT2D eigenvalue weighted by Gasteiger charge is -2.61. The van der Waals surface area contributed by atoms with Crippen LogP contribution in [0.1, 0.15) is 43.2 Å². The van der Waals surface area contributed by atoms with Crippen molar-refractivity contribution in [2.24, 2.45) is 23.7 Å². The fourth-order valence-electron chi connectivity index (χ4n) is 7.19. The van der Waals surface area contributed by atoms with Gasteiger partial charge in [-0.3, -0.25) is 0 Å². The molecule has 2 N–H and O–H groups in total. The van der Waals surface area contributed by atoms with Gasteiger partial charge in [0, 0.05) is 15.6 Å². The first-order valence-corrected chi connectivity index (χ1v) is 10.2. The van der Waals surface area contributed by atoms with Crippen molar-refractivity contribution >= 4 is 21.6 Å². The van der Waals surface area contributed by atoms with Crippen LogP contribution in [0.3, 0.4) is 0 Å². The highest BCUT2D eigenvalue weighted by Gasteiger charge is 2.61. The van der Waals surface area contributed by atoms with Crippen molar-refractivity contribution in [1.29, 1.82) is 0 Å². The molecule has 4 fully saturated rings. The third-order valence-corrected chi connectivity index (χ3v) is 8.36. The molecule has 0 saturated heterocycles. The number of nitrogens with two attached hydrogens (primary N) is 1. The summed E-state index contributed by atoms with van der Waals surface area (Å²) in [5.41, 5.74) is 13.5. The summed E-state index contributed by atoms with van der Waals surface area (Å²) < 4.78 is 1.04. The van der Waals surface area contributed by atoms with Crippen molar-refractivity contribution in [3.05, 3.63) is 52.0 Å². The largest absolute Gasteiger partial charge is 0.398 e. The zero-order valence-electron chi connectivity index (χ0n) is 13.8. The van der Waals surface area contributed by atoms with Gasteiger partial charge in [-0.25, -0.2) is 0 Å². The highest BCUT2D eigenvalue weighted by Crippen LogP contribution is 2.69. The molecule has 2 aromatic carbocycles. The van der Waals surface area contributed by atoms with Crippen molar-refractivity contribution in [2.45, 2.75) is 37.5 Å². The lowest BCUT2D eigenvalue weighted by Crippen LogP contribution is -2.55. The minimum atomic E-state index is 0.244. The Balaban J connectivity index is 1.69. The van der Waals surface area contributed by atoms with Crippen molar-refractivity contribution in [1.82, 2.24) is 0 Å². The van der Waals surface area contributed by atoms with Crippen molar-refractivity contribution in [3.8, 4) is 11.1 Å². The van der Waals surface area contributed by atoms with E-state index in [9.17, 15) is 0 Å². The van der Waals surface area contributed by atoms with E-state index in [1.807, 2.05) is 0 Å². The van der Waals surface area contributed by atoms with Gasteiger partial charge in [0.2, 0.25) is 0 Å². The van der Waals surface area contributed by atoms with Gasteiger partial charge < -0.3 is 5.73 Å². The van der Waals surface area contributed by atoms with Gasteiger partial charge in [0.1, 0.15) is 0 Å². The predicted molar refractivity (Wildman–Crippen MR) is 102 cm³/mol. The summed E-state index contributed by atoms with van der Waals surface area (Å²) >= 11 is 3.67. The quantitative estimate of drug-likeness (QED) is 0.579.